The minimum atomic E-state index is -0.517. The summed E-state index contributed by atoms with van der Waals surface area (Å²) in [4.78, 5) is 21.3. The standard InChI is InChI=1S/C18H25N5O6/c1-26-9-7-22(8-10-27-2)18-16(23(24)25)17(19-12-20-18)21-14-11-13(28-3)5-6-15(14)29-4/h5-6,11-12H,7-10H2,1-4H3,(H,19,20,21). The van der Waals surface area contributed by atoms with Gasteiger partial charge in [-0.2, -0.15) is 0 Å². The Balaban J connectivity index is 2.48. The second kappa shape index (κ2) is 11.0. The average Bonchev–Trinajstić information content (AvgIpc) is 2.73. The lowest BCUT2D eigenvalue weighted by molar-refractivity contribution is -0.383. The highest BCUT2D eigenvalue weighted by atomic mass is 16.6. The molecule has 0 spiro atoms. The van der Waals surface area contributed by atoms with E-state index in [0.29, 0.717) is 43.5 Å². The highest BCUT2D eigenvalue weighted by Gasteiger charge is 2.27. The number of hydrogen-bond acceptors (Lipinski definition) is 10. The van der Waals surface area contributed by atoms with E-state index in [2.05, 4.69) is 15.3 Å². The molecule has 11 heteroatoms. The van der Waals surface area contributed by atoms with Crippen LogP contribution in [0.15, 0.2) is 24.5 Å². The summed E-state index contributed by atoms with van der Waals surface area (Å²) in [6.07, 6.45) is 1.27. The molecule has 0 fully saturated rings. The Bertz CT molecular complexity index is 811. The van der Waals surface area contributed by atoms with Crippen LogP contribution in [0.4, 0.5) is 23.0 Å². The van der Waals surface area contributed by atoms with Crippen molar-refractivity contribution in [2.24, 2.45) is 0 Å². The SMILES string of the molecule is COCCN(CCOC)c1ncnc(Nc2cc(OC)ccc2OC)c1[N+](=O)[O-]. The van der Waals surface area contributed by atoms with E-state index >= 15 is 0 Å². The zero-order valence-electron chi connectivity index (χ0n) is 16.9. The summed E-state index contributed by atoms with van der Waals surface area (Å²) in [6, 6.07) is 5.08. The summed E-state index contributed by atoms with van der Waals surface area (Å²) < 4.78 is 20.8. The van der Waals surface area contributed by atoms with Crippen LogP contribution in [0.1, 0.15) is 0 Å². The number of aromatic nitrogens is 2. The van der Waals surface area contributed by atoms with Gasteiger partial charge in [0.2, 0.25) is 11.6 Å². The predicted molar refractivity (Wildman–Crippen MR) is 107 cm³/mol. The van der Waals surface area contributed by atoms with Crippen molar-refractivity contribution < 1.29 is 23.9 Å². The van der Waals surface area contributed by atoms with E-state index in [0.717, 1.165) is 0 Å². The van der Waals surface area contributed by atoms with Crippen LogP contribution in [0.2, 0.25) is 0 Å². The number of nitrogens with zero attached hydrogens (tertiary/aromatic N) is 4. The Morgan fingerprint density at radius 2 is 1.76 bits per heavy atom. The highest BCUT2D eigenvalue weighted by molar-refractivity contribution is 5.77. The Morgan fingerprint density at radius 1 is 1.07 bits per heavy atom. The van der Waals surface area contributed by atoms with Crippen molar-refractivity contribution in [3.63, 3.8) is 0 Å². The van der Waals surface area contributed by atoms with Gasteiger partial charge >= 0.3 is 5.69 Å². The number of rotatable bonds is 12. The first kappa shape index (κ1) is 22.1. The van der Waals surface area contributed by atoms with Gasteiger partial charge in [0.05, 0.1) is 38.0 Å². The highest BCUT2D eigenvalue weighted by Crippen LogP contribution is 2.37. The fourth-order valence-corrected chi connectivity index (χ4v) is 2.63. The van der Waals surface area contributed by atoms with Gasteiger partial charge in [0, 0.05) is 33.4 Å². The van der Waals surface area contributed by atoms with Crippen LogP contribution in [0.25, 0.3) is 0 Å². The molecule has 1 aromatic heterocycles. The van der Waals surface area contributed by atoms with Crippen LogP contribution in [-0.4, -0.2) is 69.6 Å². The van der Waals surface area contributed by atoms with Crippen molar-refractivity contribution in [1.82, 2.24) is 9.97 Å². The number of methoxy groups -OCH3 is 4. The van der Waals surface area contributed by atoms with Crippen molar-refractivity contribution in [2.45, 2.75) is 0 Å². The van der Waals surface area contributed by atoms with Crippen molar-refractivity contribution in [3.05, 3.63) is 34.6 Å². The maximum absolute atomic E-state index is 11.9. The molecule has 0 aliphatic rings. The van der Waals surface area contributed by atoms with Gasteiger partial charge in [-0.1, -0.05) is 0 Å². The molecule has 1 aromatic carbocycles. The molecule has 0 atom stereocenters. The fourth-order valence-electron chi connectivity index (χ4n) is 2.63. The van der Waals surface area contributed by atoms with Gasteiger partial charge in [0.15, 0.2) is 0 Å². The summed E-state index contributed by atoms with van der Waals surface area (Å²) >= 11 is 0. The summed E-state index contributed by atoms with van der Waals surface area (Å²) in [5.41, 5.74) is 0.213. The molecule has 0 saturated heterocycles. The molecule has 0 aliphatic carbocycles. The molecule has 158 valence electrons. The molecule has 0 saturated carbocycles. The molecule has 2 aromatic rings. The van der Waals surface area contributed by atoms with Gasteiger partial charge < -0.3 is 29.2 Å². The first-order valence-electron chi connectivity index (χ1n) is 8.77. The lowest BCUT2D eigenvalue weighted by atomic mass is 10.2. The van der Waals surface area contributed by atoms with Crippen LogP contribution in [0.3, 0.4) is 0 Å². The smallest absolute Gasteiger partial charge is 0.353 e. The molecular weight excluding hydrogens is 382 g/mol. The third-order valence-electron chi connectivity index (χ3n) is 4.08. The number of ether oxygens (including phenoxy) is 4. The van der Waals surface area contributed by atoms with Crippen molar-refractivity contribution in [1.29, 1.82) is 0 Å². The van der Waals surface area contributed by atoms with E-state index in [1.807, 2.05) is 0 Å². The zero-order chi connectivity index (χ0) is 21.2. The fraction of sp³-hybridized carbons (Fsp3) is 0.444. The minimum Gasteiger partial charge on any atom is -0.497 e. The van der Waals surface area contributed by atoms with Gasteiger partial charge in [-0.05, 0) is 12.1 Å². The van der Waals surface area contributed by atoms with Crippen LogP contribution in [0, 0.1) is 10.1 Å². The third-order valence-corrected chi connectivity index (χ3v) is 4.08. The molecule has 0 aliphatic heterocycles. The number of benzene rings is 1. The minimum absolute atomic E-state index is 0.0337. The van der Waals surface area contributed by atoms with E-state index in [9.17, 15) is 10.1 Å². The summed E-state index contributed by atoms with van der Waals surface area (Å²) in [5.74, 6) is 1.25. The monoisotopic (exact) mass is 407 g/mol. The summed E-state index contributed by atoms with van der Waals surface area (Å²) in [7, 11) is 6.15. The topological polar surface area (TPSA) is 121 Å². The van der Waals surface area contributed by atoms with E-state index in [-0.39, 0.29) is 17.3 Å². The molecule has 1 heterocycles. The quantitative estimate of drug-likeness (QED) is 0.414. The number of hydrogen-bond donors (Lipinski definition) is 1. The lowest BCUT2D eigenvalue weighted by Gasteiger charge is -2.23. The number of nitrogens with one attached hydrogen (secondary N) is 1. The Labute approximate surface area is 168 Å². The maximum Gasteiger partial charge on any atom is 0.353 e. The first-order valence-corrected chi connectivity index (χ1v) is 8.77. The van der Waals surface area contributed by atoms with E-state index in [1.165, 1.54) is 20.5 Å². The van der Waals surface area contributed by atoms with Crippen molar-refractivity contribution in [3.8, 4) is 11.5 Å². The van der Waals surface area contributed by atoms with E-state index in [4.69, 9.17) is 18.9 Å². The molecule has 11 nitrogen and oxygen atoms in total. The Hall–Kier alpha value is -3.18. The van der Waals surface area contributed by atoms with E-state index in [1.54, 1.807) is 37.3 Å². The van der Waals surface area contributed by atoms with Gasteiger partial charge in [0.1, 0.15) is 17.8 Å². The van der Waals surface area contributed by atoms with Gasteiger partial charge in [-0.25, -0.2) is 9.97 Å². The van der Waals surface area contributed by atoms with Crippen LogP contribution in [-0.2, 0) is 9.47 Å². The number of nitro groups is 1. The molecule has 2 rings (SSSR count). The predicted octanol–water partition coefficient (Wildman–Crippen LogP) is 2.24. The van der Waals surface area contributed by atoms with Gasteiger partial charge in [-0.3, -0.25) is 10.1 Å². The Kier molecular flexibility index (Phi) is 8.37. The Morgan fingerprint density at radius 3 is 2.31 bits per heavy atom. The average molecular weight is 407 g/mol. The van der Waals surface area contributed by atoms with Crippen LogP contribution in [0.5, 0.6) is 11.5 Å². The van der Waals surface area contributed by atoms with E-state index < -0.39 is 4.92 Å². The number of anilines is 3. The molecule has 0 bridgehead atoms. The molecule has 0 unspecified atom stereocenters. The summed E-state index contributed by atoms with van der Waals surface area (Å²) in [6.45, 7) is 1.55. The van der Waals surface area contributed by atoms with Gasteiger partial charge in [0.25, 0.3) is 0 Å². The third kappa shape index (κ3) is 5.65. The van der Waals surface area contributed by atoms with Crippen LogP contribution >= 0.6 is 0 Å². The normalized spacial score (nSPS) is 10.5. The first-order chi connectivity index (χ1) is 14.0. The molecule has 29 heavy (non-hydrogen) atoms. The summed E-state index contributed by atoms with van der Waals surface area (Å²) in [5, 5.41) is 14.9. The molecular formula is C18H25N5O6. The van der Waals surface area contributed by atoms with Crippen molar-refractivity contribution >= 4 is 23.0 Å². The van der Waals surface area contributed by atoms with Crippen molar-refractivity contribution in [2.75, 3.05) is 65.0 Å². The molecule has 0 radical (unpaired) electrons. The largest absolute Gasteiger partial charge is 0.497 e. The van der Waals surface area contributed by atoms with Gasteiger partial charge in [-0.15, -0.1) is 0 Å². The maximum atomic E-state index is 11.9. The zero-order valence-corrected chi connectivity index (χ0v) is 16.9. The second-order valence-corrected chi connectivity index (χ2v) is 5.82. The second-order valence-electron chi connectivity index (χ2n) is 5.82. The lowest BCUT2D eigenvalue weighted by Crippen LogP contribution is -2.32. The molecule has 1 N–H and O–H groups in total. The molecule has 0 amide bonds. The van der Waals surface area contributed by atoms with Crippen LogP contribution < -0.4 is 19.7 Å².